The standard InChI is InChI=1S/C30H14F4N4/c31-23-21(19-13-15-5-1-9-35-27(15)29-17(19)7-3-11-37-29)24(32)26(34)22(25(23)33)20-14-16-6-2-10-36-28(16)30-18(20)8-4-12-38-30/h1-14H. The largest absolute Gasteiger partial charge is 0.254 e. The van der Waals surface area contributed by atoms with Gasteiger partial charge in [0, 0.05) is 46.3 Å². The number of hydrogen-bond acceptors (Lipinski definition) is 4. The van der Waals surface area contributed by atoms with Crippen molar-refractivity contribution < 1.29 is 17.6 Å². The maximum Gasteiger partial charge on any atom is 0.170 e. The molecule has 38 heavy (non-hydrogen) atoms. The molecule has 0 bridgehead atoms. The van der Waals surface area contributed by atoms with Crippen molar-refractivity contribution in [3.63, 3.8) is 0 Å². The van der Waals surface area contributed by atoms with Gasteiger partial charge in [-0.15, -0.1) is 0 Å². The minimum Gasteiger partial charge on any atom is -0.254 e. The molecular formula is C30H14F4N4. The van der Waals surface area contributed by atoms with Gasteiger partial charge >= 0.3 is 0 Å². The van der Waals surface area contributed by atoms with E-state index in [0.29, 0.717) is 43.6 Å². The van der Waals surface area contributed by atoms with E-state index in [1.165, 1.54) is 24.5 Å². The Morgan fingerprint density at radius 3 is 1.16 bits per heavy atom. The summed E-state index contributed by atoms with van der Waals surface area (Å²) in [6, 6.07) is 16.0. The minimum absolute atomic E-state index is 0.0258. The van der Waals surface area contributed by atoms with Crippen molar-refractivity contribution in [1.29, 1.82) is 0 Å². The van der Waals surface area contributed by atoms with Crippen LogP contribution in [-0.2, 0) is 0 Å². The average Bonchev–Trinajstić information content (AvgIpc) is 2.96. The molecule has 0 amide bonds. The Hall–Kier alpha value is -4.98. The van der Waals surface area contributed by atoms with Gasteiger partial charge in [0.1, 0.15) is 0 Å². The average molecular weight is 506 g/mol. The van der Waals surface area contributed by atoms with Crippen molar-refractivity contribution in [2.45, 2.75) is 0 Å². The second-order valence-corrected chi connectivity index (χ2v) is 8.80. The Labute approximate surface area is 212 Å². The molecule has 7 rings (SSSR count). The molecule has 3 aromatic carbocycles. The van der Waals surface area contributed by atoms with Crippen LogP contribution < -0.4 is 0 Å². The number of aromatic nitrogens is 4. The predicted octanol–water partition coefficient (Wildman–Crippen LogP) is 7.77. The second kappa shape index (κ2) is 8.27. The van der Waals surface area contributed by atoms with Gasteiger partial charge in [0.2, 0.25) is 0 Å². The molecule has 8 heteroatoms. The molecule has 0 aliphatic rings. The molecule has 0 spiro atoms. The Morgan fingerprint density at radius 2 is 0.763 bits per heavy atom. The van der Waals surface area contributed by atoms with Crippen LogP contribution in [0.2, 0.25) is 0 Å². The molecule has 0 saturated heterocycles. The van der Waals surface area contributed by atoms with Crippen LogP contribution in [0.15, 0.2) is 85.5 Å². The van der Waals surface area contributed by atoms with E-state index in [9.17, 15) is 0 Å². The van der Waals surface area contributed by atoms with Gasteiger partial charge in [-0.3, -0.25) is 19.9 Å². The van der Waals surface area contributed by atoms with Gasteiger partial charge in [-0.2, -0.15) is 0 Å². The molecule has 0 unspecified atom stereocenters. The van der Waals surface area contributed by atoms with Crippen molar-refractivity contribution >= 4 is 43.6 Å². The third kappa shape index (κ3) is 3.10. The smallest absolute Gasteiger partial charge is 0.170 e. The fourth-order valence-electron chi connectivity index (χ4n) is 5.07. The minimum atomic E-state index is -1.50. The molecule has 0 fully saturated rings. The van der Waals surface area contributed by atoms with E-state index >= 15 is 17.6 Å². The first kappa shape index (κ1) is 22.2. The topological polar surface area (TPSA) is 51.6 Å². The van der Waals surface area contributed by atoms with Crippen molar-refractivity contribution in [3.05, 3.63) is 109 Å². The molecule has 0 aliphatic heterocycles. The van der Waals surface area contributed by atoms with Gasteiger partial charge in [-0.1, -0.05) is 24.3 Å². The van der Waals surface area contributed by atoms with Crippen molar-refractivity contribution in [1.82, 2.24) is 19.9 Å². The lowest BCUT2D eigenvalue weighted by Gasteiger charge is -2.16. The summed E-state index contributed by atoms with van der Waals surface area (Å²) in [4.78, 5) is 17.3. The molecule has 0 aliphatic carbocycles. The number of hydrogen-bond donors (Lipinski definition) is 0. The van der Waals surface area contributed by atoms with E-state index in [4.69, 9.17) is 0 Å². The summed E-state index contributed by atoms with van der Waals surface area (Å²) in [5.74, 6) is -6.02. The van der Waals surface area contributed by atoms with E-state index in [1.807, 2.05) is 0 Å². The summed E-state index contributed by atoms with van der Waals surface area (Å²) in [5.41, 5.74) is 0.0777. The lowest BCUT2D eigenvalue weighted by atomic mass is 9.92. The zero-order chi connectivity index (χ0) is 26.0. The first-order chi connectivity index (χ1) is 18.5. The lowest BCUT2D eigenvalue weighted by molar-refractivity contribution is 0.463. The fraction of sp³-hybridized carbons (Fsp3) is 0. The zero-order valence-corrected chi connectivity index (χ0v) is 19.4. The molecule has 0 radical (unpaired) electrons. The normalized spacial score (nSPS) is 11.7. The molecule has 0 saturated carbocycles. The van der Waals surface area contributed by atoms with Crippen LogP contribution in [0.1, 0.15) is 0 Å². The Balaban J connectivity index is 1.57. The highest BCUT2D eigenvalue weighted by Gasteiger charge is 2.30. The van der Waals surface area contributed by atoms with E-state index in [0.717, 1.165) is 0 Å². The Morgan fingerprint density at radius 1 is 0.421 bits per heavy atom. The Bertz CT molecular complexity index is 1910. The number of fused-ring (bicyclic) bond motifs is 6. The summed E-state index contributed by atoms with van der Waals surface area (Å²) in [6.07, 6.45) is 6.18. The highest BCUT2D eigenvalue weighted by Crippen LogP contribution is 2.43. The molecule has 0 atom stereocenters. The molecule has 4 nitrogen and oxygen atoms in total. The maximum atomic E-state index is 15.9. The quantitative estimate of drug-likeness (QED) is 0.137. The molecule has 4 aromatic heterocycles. The van der Waals surface area contributed by atoms with E-state index in [1.54, 1.807) is 60.9 Å². The lowest BCUT2D eigenvalue weighted by Crippen LogP contribution is -2.05. The summed E-state index contributed by atoms with van der Waals surface area (Å²) in [5, 5.41) is 1.68. The van der Waals surface area contributed by atoms with Crippen LogP contribution in [-0.4, -0.2) is 19.9 Å². The third-order valence-electron chi connectivity index (χ3n) is 6.72. The maximum absolute atomic E-state index is 15.9. The zero-order valence-electron chi connectivity index (χ0n) is 19.4. The van der Waals surface area contributed by atoms with Gasteiger partial charge in [-0.05, 0) is 47.5 Å². The van der Waals surface area contributed by atoms with Crippen molar-refractivity contribution in [3.8, 4) is 22.3 Å². The van der Waals surface area contributed by atoms with Crippen LogP contribution in [0.3, 0.4) is 0 Å². The van der Waals surface area contributed by atoms with Crippen LogP contribution in [0, 0.1) is 23.3 Å². The van der Waals surface area contributed by atoms with E-state index < -0.39 is 34.4 Å². The first-order valence-corrected chi connectivity index (χ1v) is 11.7. The highest BCUT2D eigenvalue weighted by molar-refractivity contribution is 6.12. The van der Waals surface area contributed by atoms with Gasteiger partial charge in [0.05, 0.1) is 33.2 Å². The molecular weight excluding hydrogens is 492 g/mol. The fourth-order valence-corrected chi connectivity index (χ4v) is 5.07. The second-order valence-electron chi connectivity index (χ2n) is 8.80. The molecule has 0 N–H and O–H groups in total. The number of rotatable bonds is 2. The number of nitrogens with zero attached hydrogens (tertiary/aromatic N) is 4. The summed E-state index contributed by atoms with van der Waals surface area (Å²) >= 11 is 0. The molecule has 182 valence electrons. The van der Waals surface area contributed by atoms with Crippen molar-refractivity contribution in [2.24, 2.45) is 0 Å². The first-order valence-electron chi connectivity index (χ1n) is 11.7. The predicted molar refractivity (Wildman–Crippen MR) is 138 cm³/mol. The summed E-state index contributed by atoms with van der Waals surface area (Å²) in [6.45, 7) is 0. The monoisotopic (exact) mass is 506 g/mol. The van der Waals surface area contributed by atoms with Gasteiger partial charge < -0.3 is 0 Å². The van der Waals surface area contributed by atoms with E-state index in [2.05, 4.69) is 19.9 Å². The van der Waals surface area contributed by atoms with Crippen LogP contribution >= 0.6 is 0 Å². The number of pyridine rings is 4. The SMILES string of the molecule is Fc1c(F)c(-c2cc3cccnc3c3ncccc23)c(F)c(F)c1-c1cc2cccnc2c2ncccc12. The van der Waals surface area contributed by atoms with Crippen molar-refractivity contribution in [2.75, 3.05) is 0 Å². The highest BCUT2D eigenvalue weighted by atomic mass is 19.2. The Kier molecular flexibility index (Phi) is 4.84. The molecule has 7 aromatic rings. The van der Waals surface area contributed by atoms with E-state index in [-0.39, 0.29) is 11.1 Å². The number of benzene rings is 3. The van der Waals surface area contributed by atoms with Crippen LogP contribution in [0.5, 0.6) is 0 Å². The van der Waals surface area contributed by atoms with Gasteiger partial charge in [0.15, 0.2) is 23.3 Å². The van der Waals surface area contributed by atoms with Gasteiger partial charge in [0.25, 0.3) is 0 Å². The summed E-state index contributed by atoms with van der Waals surface area (Å²) < 4.78 is 63.5. The summed E-state index contributed by atoms with van der Waals surface area (Å²) in [7, 11) is 0. The van der Waals surface area contributed by atoms with Crippen LogP contribution in [0.25, 0.3) is 65.9 Å². The third-order valence-corrected chi connectivity index (χ3v) is 6.72. The molecule has 4 heterocycles. The number of halogens is 4. The van der Waals surface area contributed by atoms with Gasteiger partial charge in [-0.25, -0.2) is 17.6 Å². The van der Waals surface area contributed by atoms with Crippen LogP contribution in [0.4, 0.5) is 17.6 Å².